The summed E-state index contributed by atoms with van der Waals surface area (Å²) in [6, 6.07) is 0. The lowest BCUT2D eigenvalue weighted by molar-refractivity contribution is 0.143. The minimum atomic E-state index is -0.953. The van der Waals surface area contributed by atoms with Gasteiger partial charge >= 0.3 is 0 Å². The largest absolute Gasteiger partial charge is 0.378 e. The quantitative estimate of drug-likeness (QED) is 0.774. The Morgan fingerprint density at radius 2 is 2.00 bits per heavy atom. The van der Waals surface area contributed by atoms with Crippen LogP contribution in [0, 0.1) is 25.7 Å². The summed E-state index contributed by atoms with van der Waals surface area (Å²) in [4.78, 5) is 0. The van der Waals surface area contributed by atoms with Crippen LogP contribution in [0.2, 0.25) is 0 Å². The molecule has 0 amide bonds. The molecule has 0 unspecified atom stereocenters. The van der Waals surface area contributed by atoms with E-state index in [1.807, 2.05) is 18.5 Å². The van der Waals surface area contributed by atoms with Crippen LogP contribution in [0.15, 0.2) is 0 Å². The van der Waals surface area contributed by atoms with Crippen LogP contribution in [-0.4, -0.2) is 20.5 Å². The average Bonchev–Trinajstić information content (AvgIpc) is 2.39. The first-order valence-corrected chi connectivity index (χ1v) is 5.64. The molecule has 1 aromatic heterocycles. The highest BCUT2D eigenvalue weighted by Crippen LogP contribution is 2.12. The van der Waals surface area contributed by atoms with E-state index in [9.17, 15) is 5.11 Å². The van der Waals surface area contributed by atoms with E-state index >= 15 is 0 Å². The third kappa shape index (κ3) is 3.11. The zero-order valence-electron chi connectivity index (χ0n) is 10.8. The maximum absolute atomic E-state index is 9.57. The predicted octanol–water partition coefficient (Wildman–Crippen LogP) is 2.03. The smallest absolute Gasteiger partial charge is 0.120 e. The first-order valence-electron chi connectivity index (χ1n) is 5.64. The Kier molecular flexibility index (Phi) is 3.77. The van der Waals surface area contributed by atoms with Gasteiger partial charge in [0.15, 0.2) is 0 Å². The average molecular weight is 220 g/mol. The van der Waals surface area contributed by atoms with Gasteiger partial charge in [-0.25, -0.2) is 0 Å². The normalized spacial score (nSPS) is 11.1. The molecule has 0 saturated carbocycles. The summed E-state index contributed by atoms with van der Waals surface area (Å²) >= 11 is 0. The molecule has 0 aliphatic heterocycles. The second kappa shape index (κ2) is 4.71. The highest BCUT2D eigenvalue weighted by atomic mass is 16.3. The minimum Gasteiger partial charge on any atom is -0.378 e. The molecule has 16 heavy (non-hydrogen) atoms. The van der Waals surface area contributed by atoms with Crippen molar-refractivity contribution in [1.29, 1.82) is 0 Å². The lowest BCUT2D eigenvalue weighted by Gasteiger charge is -2.06. The van der Waals surface area contributed by atoms with Gasteiger partial charge in [0.05, 0.1) is 17.0 Å². The summed E-state index contributed by atoms with van der Waals surface area (Å²) in [6.45, 7) is 10.4. The molecule has 3 heteroatoms. The maximum Gasteiger partial charge on any atom is 0.120 e. The standard InChI is InChI=1S/C13H20N2O/c1-6-9-15-11(3)12(10(2)14-15)7-8-13(4,5)16/h16H,6,9H2,1-5H3. The second-order valence-corrected chi connectivity index (χ2v) is 4.58. The zero-order valence-corrected chi connectivity index (χ0v) is 10.8. The fourth-order valence-electron chi connectivity index (χ4n) is 1.52. The summed E-state index contributed by atoms with van der Waals surface area (Å²) in [5.41, 5.74) is 2.00. The predicted molar refractivity (Wildman–Crippen MR) is 65.2 cm³/mol. The molecule has 0 saturated heterocycles. The van der Waals surface area contributed by atoms with Crippen LogP contribution < -0.4 is 0 Å². The van der Waals surface area contributed by atoms with E-state index in [0.29, 0.717) is 0 Å². The lowest BCUT2D eigenvalue weighted by atomic mass is 10.1. The van der Waals surface area contributed by atoms with Crippen molar-refractivity contribution in [2.75, 3.05) is 0 Å². The van der Waals surface area contributed by atoms with Gasteiger partial charge in [-0.2, -0.15) is 5.10 Å². The number of rotatable bonds is 2. The summed E-state index contributed by atoms with van der Waals surface area (Å²) in [5.74, 6) is 5.84. The molecule has 1 N–H and O–H groups in total. The number of aliphatic hydroxyl groups is 1. The molecule has 3 nitrogen and oxygen atoms in total. The van der Waals surface area contributed by atoms with Crippen molar-refractivity contribution < 1.29 is 5.11 Å². The van der Waals surface area contributed by atoms with Gasteiger partial charge in [-0.3, -0.25) is 4.68 Å². The van der Waals surface area contributed by atoms with Crippen molar-refractivity contribution in [3.63, 3.8) is 0 Å². The Morgan fingerprint density at radius 1 is 1.38 bits per heavy atom. The Bertz CT molecular complexity index is 427. The topological polar surface area (TPSA) is 38.0 Å². The fourth-order valence-corrected chi connectivity index (χ4v) is 1.52. The van der Waals surface area contributed by atoms with Crippen LogP contribution in [0.5, 0.6) is 0 Å². The molecule has 0 aromatic carbocycles. The highest BCUT2D eigenvalue weighted by molar-refractivity contribution is 5.42. The summed E-state index contributed by atoms with van der Waals surface area (Å²) in [6.07, 6.45) is 1.06. The van der Waals surface area contributed by atoms with Crippen molar-refractivity contribution in [2.45, 2.75) is 53.2 Å². The molecule has 0 radical (unpaired) electrons. The van der Waals surface area contributed by atoms with Crippen LogP contribution in [0.1, 0.15) is 44.1 Å². The minimum absolute atomic E-state index is 0.914. The van der Waals surface area contributed by atoms with E-state index in [0.717, 1.165) is 29.9 Å². The Hall–Kier alpha value is -1.27. The number of aryl methyl sites for hydroxylation is 2. The number of hydrogen-bond donors (Lipinski definition) is 1. The molecule has 0 spiro atoms. The molecule has 0 bridgehead atoms. The van der Waals surface area contributed by atoms with Gasteiger partial charge in [0.25, 0.3) is 0 Å². The van der Waals surface area contributed by atoms with Gasteiger partial charge in [0.2, 0.25) is 0 Å². The van der Waals surface area contributed by atoms with Gasteiger partial charge in [0, 0.05) is 6.54 Å². The Labute approximate surface area is 97.5 Å². The SMILES string of the molecule is CCCn1nc(C)c(C#CC(C)(C)O)c1C. The number of hydrogen-bond acceptors (Lipinski definition) is 2. The highest BCUT2D eigenvalue weighted by Gasteiger charge is 2.10. The van der Waals surface area contributed by atoms with Gasteiger partial charge in [-0.15, -0.1) is 0 Å². The summed E-state index contributed by atoms with van der Waals surface area (Å²) < 4.78 is 1.98. The van der Waals surface area contributed by atoms with Gasteiger partial charge < -0.3 is 5.11 Å². The zero-order chi connectivity index (χ0) is 12.3. The number of nitrogens with zero attached hydrogens (tertiary/aromatic N) is 2. The van der Waals surface area contributed by atoms with Gasteiger partial charge in [0.1, 0.15) is 5.60 Å². The summed E-state index contributed by atoms with van der Waals surface area (Å²) in [7, 11) is 0. The van der Waals surface area contributed by atoms with E-state index in [-0.39, 0.29) is 0 Å². The molecule has 1 heterocycles. The molecular formula is C13H20N2O. The van der Waals surface area contributed by atoms with E-state index in [1.54, 1.807) is 13.8 Å². The van der Waals surface area contributed by atoms with E-state index < -0.39 is 5.60 Å². The third-order valence-corrected chi connectivity index (χ3v) is 2.31. The first kappa shape index (κ1) is 12.8. The molecule has 1 aromatic rings. The lowest BCUT2D eigenvalue weighted by Crippen LogP contribution is -2.14. The monoisotopic (exact) mass is 220 g/mol. The van der Waals surface area contributed by atoms with Crippen LogP contribution in [-0.2, 0) is 6.54 Å². The molecule has 0 atom stereocenters. The number of aromatic nitrogens is 2. The molecule has 0 aliphatic rings. The molecular weight excluding hydrogens is 200 g/mol. The maximum atomic E-state index is 9.57. The van der Waals surface area contributed by atoms with Crippen molar-refractivity contribution in [2.24, 2.45) is 0 Å². The summed E-state index contributed by atoms with van der Waals surface area (Å²) in [5, 5.41) is 14.0. The van der Waals surface area contributed by atoms with Crippen LogP contribution in [0.25, 0.3) is 0 Å². The van der Waals surface area contributed by atoms with E-state index in [2.05, 4.69) is 23.9 Å². The van der Waals surface area contributed by atoms with Crippen molar-refractivity contribution in [3.05, 3.63) is 17.0 Å². The molecule has 0 fully saturated rings. The first-order chi connectivity index (χ1) is 7.35. The third-order valence-electron chi connectivity index (χ3n) is 2.31. The molecule has 1 rings (SSSR count). The fraction of sp³-hybridized carbons (Fsp3) is 0.615. The van der Waals surface area contributed by atoms with Crippen LogP contribution >= 0.6 is 0 Å². The Balaban J connectivity index is 3.09. The van der Waals surface area contributed by atoms with Crippen molar-refractivity contribution in [3.8, 4) is 11.8 Å². The van der Waals surface area contributed by atoms with E-state index in [4.69, 9.17) is 0 Å². The van der Waals surface area contributed by atoms with Crippen molar-refractivity contribution in [1.82, 2.24) is 9.78 Å². The van der Waals surface area contributed by atoms with Crippen LogP contribution in [0.4, 0.5) is 0 Å². The molecule has 88 valence electrons. The van der Waals surface area contributed by atoms with E-state index in [1.165, 1.54) is 0 Å². The second-order valence-electron chi connectivity index (χ2n) is 4.58. The Morgan fingerprint density at radius 3 is 2.50 bits per heavy atom. The van der Waals surface area contributed by atoms with Crippen molar-refractivity contribution >= 4 is 0 Å². The van der Waals surface area contributed by atoms with Crippen LogP contribution in [0.3, 0.4) is 0 Å². The van der Waals surface area contributed by atoms with Gasteiger partial charge in [-0.1, -0.05) is 18.8 Å². The van der Waals surface area contributed by atoms with Gasteiger partial charge in [-0.05, 0) is 34.1 Å². The molecule has 0 aliphatic carbocycles.